The van der Waals surface area contributed by atoms with E-state index in [-0.39, 0.29) is 29.7 Å². The molecule has 3 amide bonds. The largest absolute Gasteiger partial charge is 0.490 e. The van der Waals surface area contributed by atoms with Gasteiger partial charge in [0.2, 0.25) is 5.91 Å². The van der Waals surface area contributed by atoms with E-state index in [2.05, 4.69) is 16.7 Å². The molecule has 2 N–H and O–H groups in total. The van der Waals surface area contributed by atoms with Gasteiger partial charge >= 0.3 is 0 Å². The fraction of sp³-hybridized carbons (Fsp3) is 0.467. The van der Waals surface area contributed by atoms with E-state index in [4.69, 9.17) is 10.00 Å². The molecule has 38 heavy (non-hydrogen) atoms. The lowest BCUT2D eigenvalue weighted by Gasteiger charge is -2.53. The van der Waals surface area contributed by atoms with Crippen LogP contribution in [-0.2, 0) is 16.1 Å². The van der Waals surface area contributed by atoms with Gasteiger partial charge < -0.3 is 15.0 Å². The number of hydrogen-bond acceptors (Lipinski definition) is 6. The molecule has 0 radical (unpaired) electrons. The smallest absolute Gasteiger partial charge is 0.255 e. The number of rotatable bonds is 4. The van der Waals surface area contributed by atoms with Crippen LogP contribution in [0.25, 0.3) is 0 Å². The van der Waals surface area contributed by atoms with Crippen LogP contribution in [0.15, 0.2) is 42.5 Å². The predicted molar refractivity (Wildman–Crippen MR) is 139 cm³/mol. The summed E-state index contributed by atoms with van der Waals surface area (Å²) in [6.45, 7) is 2.43. The van der Waals surface area contributed by atoms with Gasteiger partial charge in [0.1, 0.15) is 11.3 Å². The van der Waals surface area contributed by atoms with Gasteiger partial charge in [0, 0.05) is 37.0 Å². The summed E-state index contributed by atoms with van der Waals surface area (Å²) in [6.07, 6.45) is 7.02. The quantitative estimate of drug-likeness (QED) is 0.608. The molecule has 4 heterocycles. The van der Waals surface area contributed by atoms with Crippen LogP contribution in [0.4, 0.5) is 0 Å². The number of nitrogens with one attached hydrogen (secondary N) is 2. The average Bonchev–Trinajstić information content (AvgIpc) is 3.19. The second-order valence-corrected chi connectivity index (χ2v) is 11.1. The van der Waals surface area contributed by atoms with E-state index < -0.39 is 5.54 Å². The van der Waals surface area contributed by atoms with Crippen molar-refractivity contribution in [3.8, 4) is 11.8 Å². The predicted octanol–water partition coefficient (Wildman–Crippen LogP) is 3.40. The third kappa shape index (κ3) is 4.25. The first-order chi connectivity index (χ1) is 18.5. The van der Waals surface area contributed by atoms with Gasteiger partial charge in [-0.05, 0) is 73.9 Å². The van der Waals surface area contributed by atoms with Crippen molar-refractivity contribution < 1.29 is 19.1 Å². The maximum atomic E-state index is 12.9. The van der Waals surface area contributed by atoms with E-state index in [1.165, 1.54) is 24.8 Å². The van der Waals surface area contributed by atoms with Crippen molar-refractivity contribution in [1.29, 1.82) is 5.26 Å². The summed E-state index contributed by atoms with van der Waals surface area (Å²) in [5.41, 5.74) is 2.72. The van der Waals surface area contributed by atoms with Gasteiger partial charge in [0.15, 0.2) is 0 Å². The third-order valence-corrected chi connectivity index (χ3v) is 8.75. The molecular weight excluding hydrogens is 480 g/mol. The highest BCUT2D eigenvalue weighted by molar-refractivity contribution is 6.10. The molecule has 5 fully saturated rings. The van der Waals surface area contributed by atoms with Crippen molar-refractivity contribution in [2.24, 2.45) is 5.92 Å². The van der Waals surface area contributed by atoms with Crippen molar-refractivity contribution in [1.82, 2.24) is 15.5 Å². The highest BCUT2D eigenvalue weighted by atomic mass is 16.5. The normalized spacial score (nSPS) is 26.2. The Morgan fingerprint density at radius 3 is 2.42 bits per heavy atom. The van der Waals surface area contributed by atoms with E-state index >= 15 is 0 Å². The number of carbonyl (C=O) groups excluding carboxylic acids is 3. The maximum Gasteiger partial charge on any atom is 0.255 e. The molecule has 2 aromatic carbocycles. The summed E-state index contributed by atoms with van der Waals surface area (Å²) in [5, 5.41) is 14.4. The summed E-state index contributed by atoms with van der Waals surface area (Å²) in [5.74, 6) is 0.564. The Balaban J connectivity index is 0.000000184. The fourth-order valence-electron chi connectivity index (χ4n) is 6.35. The molecule has 6 aliphatic rings. The Labute approximate surface area is 222 Å². The first-order valence-electron chi connectivity index (χ1n) is 13.6. The summed E-state index contributed by atoms with van der Waals surface area (Å²) < 4.78 is 6.11. The lowest BCUT2D eigenvalue weighted by molar-refractivity contribution is -0.160. The van der Waals surface area contributed by atoms with Crippen molar-refractivity contribution >= 4 is 17.7 Å². The van der Waals surface area contributed by atoms with Gasteiger partial charge in [-0.15, -0.1) is 0 Å². The van der Waals surface area contributed by atoms with Crippen LogP contribution in [0, 0.1) is 17.2 Å². The van der Waals surface area contributed by atoms with Crippen LogP contribution in [0.1, 0.15) is 77.9 Å². The van der Waals surface area contributed by atoms with Crippen LogP contribution in [0.3, 0.4) is 0 Å². The Hall–Kier alpha value is -3.70. The highest BCUT2D eigenvalue weighted by Crippen LogP contribution is 2.49. The van der Waals surface area contributed by atoms with Crippen molar-refractivity contribution in [2.75, 3.05) is 13.1 Å². The molecule has 2 aliphatic carbocycles. The second-order valence-electron chi connectivity index (χ2n) is 11.1. The number of carbonyl (C=O) groups is 3. The van der Waals surface area contributed by atoms with Gasteiger partial charge in [-0.25, -0.2) is 0 Å². The zero-order valence-electron chi connectivity index (χ0n) is 21.4. The Morgan fingerprint density at radius 2 is 1.74 bits per heavy atom. The Kier molecular flexibility index (Phi) is 6.40. The van der Waals surface area contributed by atoms with E-state index in [1.807, 2.05) is 42.5 Å². The second kappa shape index (κ2) is 9.88. The zero-order chi connectivity index (χ0) is 26.3. The summed E-state index contributed by atoms with van der Waals surface area (Å²) in [4.78, 5) is 38.6. The molecule has 196 valence electrons. The SMILES string of the molecule is N#Cc1ccccc1C1CNC1.O=C1NC(=O)C2(N3Cc4cc(OC5CCCCC5)ccc4C3=O)CC1C2. The van der Waals surface area contributed by atoms with E-state index in [0.29, 0.717) is 30.9 Å². The minimum absolute atomic E-state index is 0.118. The number of ether oxygens (including phenoxy) is 1. The molecule has 3 saturated heterocycles. The summed E-state index contributed by atoms with van der Waals surface area (Å²) in [6, 6.07) is 15.7. The number of amides is 3. The van der Waals surface area contributed by atoms with Crippen molar-refractivity contribution in [3.63, 3.8) is 0 Å². The lowest BCUT2D eigenvalue weighted by Crippen LogP contribution is -2.73. The molecular formula is C30H32N4O4. The summed E-state index contributed by atoms with van der Waals surface area (Å²) >= 11 is 0. The van der Waals surface area contributed by atoms with Crippen LogP contribution in [-0.4, -0.2) is 47.4 Å². The number of nitriles is 1. The molecule has 0 spiro atoms. The molecule has 2 bridgehead atoms. The van der Waals surface area contributed by atoms with Crippen LogP contribution >= 0.6 is 0 Å². The number of hydrogen-bond donors (Lipinski definition) is 2. The molecule has 2 saturated carbocycles. The molecule has 8 nitrogen and oxygen atoms in total. The molecule has 2 aromatic rings. The highest BCUT2D eigenvalue weighted by Gasteiger charge is 2.62. The third-order valence-electron chi connectivity index (χ3n) is 8.75. The van der Waals surface area contributed by atoms with Gasteiger partial charge in [-0.1, -0.05) is 24.6 Å². The summed E-state index contributed by atoms with van der Waals surface area (Å²) in [7, 11) is 0. The first kappa shape index (κ1) is 24.6. The molecule has 8 heteroatoms. The lowest BCUT2D eigenvalue weighted by atomic mass is 9.63. The molecule has 0 atom stereocenters. The van der Waals surface area contributed by atoms with E-state index in [9.17, 15) is 14.4 Å². The molecule has 0 aromatic heterocycles. The number of benzene rings is 2. The standard InChI is InChI=1S/C20H22N2O4.C10H10N2/c23-17-13-9-20(10-13,19(25)21-17)22-11-12-8-15(6-7-16(12)18(22)24)26-14-4-2-1-3-5-14;11-5-8-3-1-2-4-10(8)9-6-12-7-9/h6-8,13-14H,1-5,9-11H2,(H,21,23,25);1-4,9,12H,6-7H2. The van der Waals surface area contributed by atoms with E-state index in [1.54, 1.807) is 4.90 Å². The minimum atomic E-state index is -0.848. The number of nitrogens with zero attached hydrogens (tertiary/aromatic N) is 2. The Morgan fingerprint density at radius 1 is 0.974 bits per heavy atom. The van der Waals surface area contributed by atoms with Gasteiger partial charge in [0.05, 0.1) is 17.7 Å². The van der Waals surface area contributed by atoms with Crippen molar-refractivity contribution in [2.45, 2.75) is 69.1 Å². The van der Waals surface area contributed by atoms with Crippen LogP contribution in [0.2, 0.25) is 0 Å². The van der Waals surface area contributed by atoms with Gasteiger partial charge in [0.25, 0.3) is 11.8 Å². The zero-order valence-corrected chi connectivity index (χ0v) is 21.4. The molecule has 8 rings (SSSR count). The van der Waals surface area contributed by atoms with Gasteiger partial charge in [-0.3, -0.25) is 19.7 Å². The Bertz CT molecular complexity index is 1320. The number of fused-ring (bicyclic) bond motifs is 3. The monoisotopic (exact) mass is 512 g/mol. The molecule has 0 unspecified atom stereocenters. The fourth-order valence-corrected chi connectivity index (χ4v) is 6.35. The number of piperidine rings is 2. The van der Waals surface area contributed by atoms with Gasteiger partial charge in [-0.2, -0.15) is 5.26 Å². The topological polar surface area (TPSA) is 112 Å². The van der Waals surface area contributed by atoms with E-state index in [0.717, 1.165) is 42.8 Å². The van der Waals surface area contributed by atoms with Crippen molar-refractivity contribution in [3.05, 3.63) is 64.7 Å². The van der Waals surface area contributed by atoms with Crippen LogP contribution in [0.5, 0.6) is 5.75 Å². The van der Waals surface area contributed by atoms with Crippen LogP contribution < -0.4 is 15.4 Å². The number of imide groups is 1. The maximum absolute atomic E-state index is 12.9. The average molecular weight is 513 g/mol. The molecule has 4 aliphatic heterocycles. The minimum Gasteiger partial charge on any atom is -0.490 e. The first-order valence-corrected chi connectivity index (χ1v) is 13.6.